The van der Waals surface area contributed by atoms with Crippen molar-refractivity contribution in [2.24, 2.45) is 5.92 Å². The van der Waals surface area contributed by atoms with Crippen molar-refractivity contribution in [1.82, 2.24) is 5.32 Å². The van der Waals surface area contributed by atoms with E-state index in [1.807, 2.05) is 6.92 Å². The zero-order chi connectivity index (χ0) is 15.1. The smallest absolute Gasteiger partial charge is 0.262 e. The minimum Gasteiger partial charge on any atom is -0.349 e. The Morgan fingerprint density at radius 3 is 2.65 bits per heavy atom. The Balaban J connectivity index is 2.30. The van der Waals surface area contributed by atoms with Crippen molar-refractivity contribution in [2.75, 3.05) is 0 Å². The van der Waals surface area contributed by atoms with Gasteiger partial charge < -0.3 is 5.32 Å². The Morgan fingerprint density at radius 2 is 2.15 bits per heavy atom. The standard InChI is InChI=1S/C12H12Cl2FNO3S/c1-2-6-3-10(6)16-12(17)7-4-11(20(14,18)19)8(13)5-9(7)15/h4-6,10H,2-3H2,1H3,(H,16,17). The molecular formula is C12H12Cl2FNO3S. The lowest BCUT2D eigenvalue weighted by Crippen LogP contribution is -2.27. The van der Waals surface area contributed by atoms with Gasteiger partial charge in [-0.15, -0.1) is 0 Å². The summed E-state index contributed by atoms with van der Waals surface area (Å²) in [6.07, 6.45) is 1.77. The molecule has 0 spiro atoms. The molecule has 1 amide bonds. The fraction of sp³-hybridized carbons (Fsp3) is 0.417. The minimum absolute atomic E-state index is 0.0126. The molecule has 0 heterocycles. The highest BCUT2D eigenvalue weighted by molar-refractivity contribution is 8.13. The van der Waals surface area contributed by atoms with Gasteiger partial charge in [0.1, 0.15) is 10.7 Å². The molecule has 20 heavy (non-hydrogen) atoms. The van der Waals surface area contributed by atoms with Crippen LogP contribution >= 0.6 is 22.3 Å². The predicted octanol–water partition coefficient (Wildman–Crippen LogP) is 2.93. The van der Waals surface area contributed by atoms with E-state index in [4.69, 9.17) is 22.3 Å². The number of amides is 1. The van der Waals surface area contributed by atoms with Crippen molar-refractivity contribution in [3.63, 3.8) is 0 Å². The van der Waals surface area contributed by atoms with Crippen LogP contribution in [0, 0.1) is 11.7 Å². The second-order valence-corrected chi connectivity index (χ2v) is 7.63. The van der Waals surface area contributed by atoms with Crippen LogP contribution in [0.2, 0.25) is 5.02 Å². The maximum Gasteiger partial charge on any atom is 0.262 e. The van der Waals surface area contributed by atoms with Gasteiger partial charge in [-0.05, 0) is 24.5 Å². The normalized spacial score (nSPS) is 21.6. The van der Waals surface area contributed by atoms with Gasteiger partial charge in [0.2, 0.25) is 0 Å². The average molecular weight is 340 g/mol. The number of carbonyl (C=O) groups excluding carboxylic acids is 1. The van der Waals surface area contributed by atoms with Crippen LogP contribution in [0.3, 0.4) is 0 Å². The van der Waals surface area contributed by atoms with E-state index in [0.717, 1.165) is 25.0 Å². The maximum absolute atomic E-state index is 13.7. The average Bonchev–Trinajstić information content (AvgIpc) is 3.05. The number of nitrogens with one attached hydrogen (secondary N) is 1. The monoisotopic (exact) mass is 339 g/mol. The zero-order valence-corrected chi connectivity index (χ0v) is 12.8. The van der Waals surface area contributed by atoms with E-state index < -0.39 is 25.7 Å². The lowest BCUT2D eigenvalue weighted by atomic mass is 10.2. The van der Waals surface area contributed by atoms with Gasteiger partial charge in [-0.3, -0.25) is 4.79 Å². The predicted molar refractivity (Wildman–Crippen MR) is 74.1 cm³/mol. The SMILES string of the molecule is CCC1CC1NC(=O)c1cc(S(=O)(=O)Cl)c(Cl)cc1F. The molecule has 0 aromatic heterocycles. The van der Waals surface area contributed by atoms with Crippen LogP contribution in [0.15, 0.2) is 17.0 Å². The molecule has 1 aliphatic carbocycles. The van der Waals surface area contributed by atoms with Gasteiger partial charge >= 0.3 is 0 Å². The number of halogens is 3. The summed E-state index contributed by atoms with van der Waals surface area (Å²) in [4.78, 5) is 11.5. The number of hydrogen-bond donors (Lipinski definition) is 1. The first-order valence-corrected chi connectivity index (χ1v) is 8.67. The molecule has 0 aliphatic heterocycles. The van der Waals surface area contributed by atoms with E-state index in [1.54, 1.807) is 0 Å². The summed E-state index contributed by atoms with van der Waals surface area (Å²) < 4.78 is 36.3. The second kappa shape index (κ2) is 5.50. The first-order valence-electron chi connectivity index (χ1n) is 5.98. The highest BCUT2D eigenvalue weighted by Gasteiger charge is 2.37. The number of rotatable bonds is 4. The molecule has 1 N–H and O–H groups in total. The maximum atomic E-state index is 13.7. The van der Waals surface area contributed by atoms with Gasteiger partial charge in [-0.1, -0.05) is 24.9 Å². The van der Waals surface area contributed by atoms with Gasteiger partial charge in [-0.2, -0.15) is 0 Å². The topological polar surface area (TPSA) is 63.2 Å². The summed E-state index contributed by atoms with van der Waals surface area (Å²) in [5.41, 5.74) is -0.379. The van der Waals surface area contributed by atoms with Gasteiger partial charge in [-0.25, -0.2) is 12.8 Å². The Kier molecular flexibility index (Phi) is 4.27. The van der Waals surface area contributed by atoms with Crippen LogP contribution in [0.5, 0.6) is 0 Å². The lowest BCUT2D eigenvalue weighted by Gasteiger charge is -2.08. The molecule has 1 aromatic rings. The first kappa shape index (κ1) is 15.5. The summed E-state index contributed by atoms with van der Waals surface area (Å²) in [6.45, 7) is 2.00. The molecule has 1 aliphatic rings. The van der Waals surface area contributed by atoms with Crippen molar-refractivity contribution >= 4 is 37.2 Å². The molecule has 2 unspecified atom stereocenters. The van der Waals surface area contributed by atoms with E-state index in [1.165, 1.54) is 0 Å². The van der Waals surface area contributed by atoms with E-state index in [0.29, 0.717) is 5.92 Å². The van der Waals surface area contributed by atoms with Crippen LogP contribution < -0.4 is 5.32 Å². The van der Waals surface area contributed by atoms with Crippen LogP contribution in [-0.4, -0.2) is 20.4 Å². The summed E-state index contributed by atoms with van der Waals surface area (Å²) in [5, 5.41) is 2.30. The quantitative estimate of drug-likeness (QED) is 0.857. The fourth-order valence-electron chi connectivity index (χ4n) is 2.01. The first-order chi connectivity index (χ1) is 9.24. The number of hydrogen-bond acceptors (Lipinski definition) is 3. The highest BCUT2D eigenvalue weighted by atomic mass is 35.7. The van der Waals surface area contributed by atoms with E-state index >= 15 is 0 Å². The van der Waals surface area contributed by atoms with Crippen molar-refractivity contribution in [1.29, 1.82) is 0 Å². The molecule has 0 saturated heterocycles. The third-order valence-corrected chi connectivity index (χ3v) is 5.08. The highest BCUT2D eigenvalue weighted by Crippen LogP contribution is 2.34. The van der Waals surface area contributed by atoms with Crippen LogP contribution in [0.4, 0.5) is 4.39 Å². The molecule has 110 valence electrons. The minimum atomic E-state index is -4.14. The van der Waals surface area contributed by atoms with E-state index in [2.05, 4.69) is 5.32 Å². The summed E-state index contributed by atoms with van der Waals surface area (Å²) in [5.74, 6) is -1.16. The molecular weight excluding hydrogens is 328 g/mol. The van der Waals surface area contributed by atoms with Gasteiger partial charge in [0, 0.05) is 16.7 Å². The number of benzene rings is 1. The molecule has 1 saturated carbocycles. The summed E-state index contributed by atoms with van der Waals surface area (Å²) >= 11 is 5.62. The molecule has 0 bridgehead atoms. The van der Waals surface area contributed by atoms with Crippen LogP contribution in [0.1, 0.15) is 30.1 Å². The molecule has 0 radical (unpaired) electrons. The largest absolute Gasteiger partial charge is 0.349 e. The summed E-state index contributed by atoms with van der Waals surface area (Å²) in [6, 6.07) is 1.65. The molecule has 2 rings (SSSR count). The van der Waals surface area contributed by atoms with Gasteiger partial charge in [0.15, 0.2) is 0 Å². The fourth-order valence-corrected chi connectivity index (χ4v) is 3.52. The Labute approximate surface area is 125 Å². The second-order valence-electron chi connectivity index (χ2n) is 4.68. The van der Waals surface area contributed by atoms with E-state index in [-0.39, 0.29) is 16.6 Å². The Morgan fingerprint density at radius 1 is 1.50 bits per heavy atom. The van der Waals surface area contributed by atoms with Gasteiger partial charge in [0.25, 0.3) is 15.0 Å². The van der Waals surface area contributed by atoms with Crippen molar-refractivity contribution in [2.45, 2.75) is 30.7 Å². The third-order valence-electron chi connectivity index (χ3n) is 3.29. The van der Waals surface area contributed by atoms with Crippen LogP contribution in [-0.2, 0) is 9.05 Å². The molecule has 8 heteroatoms. The lowest BCUT2D eigenvalue weighted by molar-refractivity contribution is 0.0944. The van der Waals surface area contributed by atoms with E-state index in [9.17, 15) is 17.6 Å². The molecule has 2 atom stereocenters. The van der Waals surface area contributed by atoms with Crippen molar-refractivity contribution in [3.05, 3.63) is 28.5 Å². The van der Waals surface area contributed by atoms with Crippen molar-refractivity contribution in [3.8, 4) is 0 Å². The third kappa shape index (κ3) is 3.24. The Bertz CT molecular complexity index is 663. The Hall–Kier alpha value is -0.850. The van der Waals surface area contributed by atoms with Crippen LogP contribution in [0.25, 0.3) is 0 Å². The van der Waals surface area contributed by atoms with Gasteiger partial charge in [0.05, 0.1) is 10.6 Å². The molecule has 4 nitrogen and oxygen atoms in total. The molecule has 1 aromatic carbocycles. The van der Waals surface area contributed by atoms with Crippen molar-refractivity contribution < 1.29 is 17.6 Å². The molecule has 1 fully saturated rings. The number of carbonyl (C=O) groups is 1. The zero-order valence-electron chi connectivity index (χ0n) is 10.5. The summed E-state index contributed by atoms with van der Waals surface area (Å²) in [7, 11) is 1.05.